The van der Waals surface area contributed by atoms with Crippen molar-refractivity contribution in [1.29, 1.82) is 10.7 Å². The second kappa shape index (κ2) is 5.71. The molecule has 20 heavy (non-hydrogen) atoms. The van der Waals surface area contributed by atoms with Gasteiger partial charge in [-0.2, -0.15) is 10.4 Å². The second-order valence-electron chi connectivity index (χ2n) is 4.22. The fourth-order valence-corrected chi connectivity index (χ4v) is 1.83. The summed E-state index contributed by atoms with van der Waals surface area (Å²) < 4.78 is 1.88. The van der Waals surface area contributed by atoms with Crippen molar-refractivity contribution in [3.63, 3.8) is 0 Å². The van der Waals surface area contributed by atoms with E-state index >= 15 is 0 Å². The zero-order valence-corrected chi connectivity index (χ0v) is 11.0. The van der Waals surface area contributed by atoms with E-state index in [9.17, 15) is 0 Å². The maximum absolute atomic E-state index is 9.14. The smallest absolute Gasteiger partial charge is 0.206 e. The van der Waals surface area contributed by atoms with Gasteiger partial charge < -0.3 is 10.3 Å². The van der Waals surface area contributed by atoms with E-state index in [1.54, 1.807) is 6.20 Å². The van der Waals surface area contributed by atoms with Crippen molar-refractivity contribution in [1.82, 2.24) is 9.99 Å². The topological polar surface area (TPSA) is 103 Å². The number of aromatic nitrogens is 1. The molecule has 1 aromatic carbocycles. The first-order valence-electron chi connectivity index (χ1n) is 5.93. The Morgan fingerprint density at radius 3 is 2.85 bits per heavy atom. The Hall–Kier alpha value is -3.07. The molecule has 0 aliphatic heterocycles. The highest BCUT2D eigenvalue weighted by Crippen LogP contribution is 2.17. The summed E-state index contributed by atoms with van der Waals surface area (Å²) in [6.45, 7) is 2.01. The highest BCUT2D eigenvalue weighted by atomic mass is 15.3. The van der Waals surface area contributed by atoms with E-state index in [1.165, 1.54) is 6.21 Å². The van der Waals surface area contributed by atoms with Crippen molar-refractivity contribution < 1.29 is 0 Å². The molecule has 0 amide bonds. The minimum atomic E-state index is -0.252. The first-order valence-corrected chi connectivity index (χ1v) is 5.93. The van der Waals surface area contributed by atoms with E-state index in [4.69, 9.17) is 16.4 Å². The van der Waals surface area contributed by atoms with Crippen molar-refractivity contribution in [3.8, 4) is 11.8 Å². The lowest BCUT2D eigenvalue weighted by molar-refractivity contribution is 1.00. The van der Waals surface area contributed by atoms with Gasteiger partial charge in [0.1, 0.15) is 6.07 Å². The van der Waals surface area contributed by atoms with Crippen LogP contribution in [0.1, 0.15) is 16.7 Å². The molecule has 0 bridgehead atoms. The Labute approximate surface area is 116 Å². The summed E-state index contributed by atoms with van der Waals surface area (Å²) in [6.07, 6.45) is 5.03. The quantitative estimate of drug-likeness (QED) is 0.445. The summed E-state index contributed by atoms with van der Waals surface area (Å²) in [5.74, 6) is -0.252. The number of nitrogens with zero attached hydrogens (tertiary/aromatic N) is 3. The predicted molar refractivity (Wildman–Crippen MR) is 77.9 cm³/mol. The van der Waals surface area contributed by atoms with Gasteiger partial charge in [-0.3, -0.25) is 5.41 Å². The number of rotatable bonds is 3. The molecule has 2 rings (SSSR count). The Morgan fingerprint density at radius 2 is 2.20 bits per heavy atom. The molecule has 6 nitrogen and oxygen atoms in total. The number of hydrogen-bond donors (Lipinski definition) is 3. The van der Waals surface area contributed by atoms with Crippen LogP contribution in [0, 0.1) is 23.7 Å². The molecule has 0 atom stereocenters. The number of guanidine groups is 1. The summed E-state index contributed by atoms with van der Waals surface area (Å²) in [6, 6.07) is 10.0. The lowest BCUT2D eigenvalue weighted by atomic mass is 10.2. The first kappa shape index (κ1) is 13.4. The number of para-hydroxylation sites is 1. The SMILES string of the molecule is Cc1ccccc1-n1cc(C#N)c(C=NNC(=N)N)c1. The van der Waals surface area contributed by atoms with E-state index in [0.717, 1.165) is 11.3 Å². The van der Waals surface area contributed by atoms with Crippen LogP contribution in [0.4, 0.5) is 0 Å². The van der Waals surface area contributed by atoms with Gasteiger partial charge in [0, 0.05) is 23.6 Å². The van der Waals surface area contributed by atoms with Gasteiger partial charge >= 0.3 is 0 Å². The number of hydrazone groups is 1. The fraction of sp³-hybridized carbons (Fsp3) is 0.0714. The lowest BCUT2D eigenvalue weighted by Crippen LogP contribution is -2.25. The van der Waals surface area contributed by atoms with Crippen LogP contribution in [-0.2, 0) is 0 Å². The van der Waals surface area contributed by atoms with Crippen molar-refractivity contribution in [2.24, 2.45) is 10.8 Å². The third-order valence-electron chi connectivity index (χ3n) is 2.76. The molecule has 4 N–H and O–H groups in total. The summed E-state index contributed by atoms with van der Waals surface area (Å²) >= 11 is 0. The van der Waals surface area contributed by atoms with E-state index in [2.05, 4.69) is 16.6 Å². The summed E-state index contributed by atoms with van der Waals surface area (Å²) in [4.78, 5) is 0. The van der Waals surface area contributed by atoms with Crippen molar-refractivity contribution >= 4 is 12.2 Å². The van der Waals surface area contributed by atoms with Gasteiger partial charge in [0.25, 0.3) is 0 Å². The van der Waals surface area contributed by atoms with Crippen molar-refractivity contribution in [2.75, 3.05) is 0 Å². The number of benzene rings is 1. The molecule has 0 fully saturated rings. The predicted octanol–water partition coefficient (Wildman–Crippen LogP) is 1.47. The molecule has 6 heteroatoms. The van der Waals surface area contributed by atoms with Crippen LogP contribution in [0.15, 0.2) is 41.8 Å². The third kappa shape index (κ3) is 2.84. The average molecular weight is 266 g/mol. The molecule has 1 aromatic heterocycles. The number of nitrogens with one attached hydrogen (secondary N) is 2. The second-order valence-corrected chi connectivity index (χ2v) is 4.22. The Bertz CT molecular complexity index is 705. The molecule has 0 radical (unpaired) electrons. The average Bonchev–Trinajstić information content (AvgIpc) is 2.82. The minimum absolute atomic E-state index is 0.252. The Morgan fingerprint density at radius 1 is 1.45 bits per heavy atom. The maximum atomic E-state index is 9.14. The zero-order valence-electron chi connectivity index (χ0n) is 11.0. The third-order valence-corrected chi connectivity index (χ3v) is 2.76. The van der Waals surface area contributed by atoms with Gasteiger partial charge in [-0.1, -0.05) is 18.2 Å². The highest BCUT2D eigenvalue weighted by Gasteiger charge is 2.07. The number of aryl methyl sites for hydroxylation is 1. The molecule has 0 aliphatic carbocycles. The van der Waals surface area contributed by atoms with Crippen LogP contribution >= 0.6 is 0 Å². The Kier molecular flexibility index (Phi) is 3.82. The number of hydrogen-bond acceptors (Lipinski definition) is 3. The van der Waals surface area contributed by atoms with Crippen molar-refractivity contribution in [2.45, 2.75) is 6.92 Å². The van der Waals surface area contributed by atoms with Gasteiger partial charge in [-0.15, -0.1) is 0 Å². The molecule has 0 aliphatic rings. The van der Waals surface area contributed by atoms with Gasteiger partial charge in [0.05, 0.1) is 11.8 Å². The van der Waals surface area contributed by atoms with E-state index in [1.807, 2.05) is 42.0 Å². The molecule has 1 heterocycles. The largest absolute Gasteiger partial charge is 0.369 e. The Balaban J connectivity index is 2.37. The van der Waals surface area contributed by atoms with Crippen LogP contribution in [0.5, 0.6) is 0 Å². The molecule has 2 aromatic rings. The first-order chi connectivity index (χ1) is 9.61. The van der Waals surface area contributed by atoms with Gasteiger partial charge in [0.2, 0.25) is 5.96 Å². The van der Waals surface area contributed by atoms with Crippen molar-refractivity contribution in [3.05, 3.63) is 53.3 Å². The van der Waals surface area contributed by atoms with Crippen LogP contribution in [0.3, 0.4) is 0 Å². The van der Waals surface area contributed by atoms with E-state index in [-0.39, 0.29) is 5.96 Å². The number of nitriles is 1. The summed E-state index contributed by atoms with van der Waals surface area (Å²) in [5.41, 5.74) is 10.7. The van der Waals surface area contributed by atoms with Gasteiger partial charge in [0.15, 0.2) is 0 Å². The standard InChI is InChI=1S/C14H14N6/c1-10-4-2-3-5-13(10)20-8-11(6-15)12(9-20)7-18-19-14(16)17/h2-5,7-9H,1H3,(H4,16,17,19). The highest BCUT2D eigenvalue weighted by molar-refractivity contribution is 5.85. The van der Waals surface area contributed by atoms with Gasteiger partial charge in [-0.25, -0.2) is 5.43 Å². The zero-order chi connectivity index (χ0) is 14.5. The molecule has 0 unspecified atom stereocenters. The molecular formula is C14H14N6. The summed E-state index contributed by atoms with van der Waals surface area (Å²) in [7, 11) is 0. The van der Waals surface area contributed by atoms with Gasteiger partial charge in [-0.05, 0) is 18.6 Å². The van der Waals surface area contributed by atoms with Crippen LogP contribution in [-0.4, -0.2) is 16.7 Å². The maximum Gasteiger partial charge on any atom is 0.206 e. The fourth-order valence-electron chi connectivity index (χ4n) is 1.83. The minimum Gasteiger partial charge on any atom is -0.369 e. The van der Waals surface area contributed by atoms with E-state index < -0.39 is 0 Å². The molecule has 100 valence electrons. The van der Waals surface area contributed by atoms with E-state index in [0.29, 0.717) is 11.1 Å². The number of nitrogens with two attached hydrogens (primary N) is 1. The summed E-state index contributed by atoms with van der Waals surface area (Å²) in [5, 5.41) is 19.9. The van der Waals surface area contributed by atoms with Crippen LogP contribution in [0.2, 0.25) is 0 Å². The monoisotopic (exact) mass is 266 g/mol. The molecular weight excluding hydrogens is 252 g/mol. The lowest BCUT2D eigenvalue weighted by Gasteiger charge is -2.05. The molecule has 0 saturated carbocycles. The van der Waals surface area contributed by atoms with Crippen LogP contribution < -0.4 is 11.2 Å². The normalized spacial score (nSPS) is 10.4. The van der Waals surface area contributed by atoms with Crippen LogP contribution in [0.25, 0.3) is 5.69 Å². The molecule has 0 spiro atoms. The molecule has 0 saturated heterocycles.